The summed E-state index contributed by atoms with van der Waals surface area (Å²) >= 11 is 0. The molecular formula is C20H23N3O. The molecule has 0 radical (unpaired) electrons. The van der Waals surface area contributed by atoms with Crippen molar-refractivity contribution in [1.29, 1.82) is 0 Å². The molecular weight excluding hydrogens is 298 g/mol. The van der Waals surface area contributed by atoms with E-state index in [1.54, 1.807) is 7.11 Å². The van der Waals surface area contributed by atoms with Crippen molar-refractivity contribution in [2.45, 2.75) is 19.0 Å². The Kier molecular flexibility index (Phi) is 4.96. The van der Waals surface area contributed by atoms with Crippen molar-refractivity contribution in [3.8, 4) is 5.75 Å². The molecule has 1 aromatic heterocycles. The molecule has 0 spiro atoms. The normalized spacial score (nSPS) is 13.5. The second-order valence-electron chi connectivity index (χ2n) is 5.86. The average Bonchev–Trinajstić information content (AvgIpc) is 2.65. The van der Waals surface area contributed by atoms with Gasteiger partial charge in [0.25, 0.3) is 0 Å². The van der Waals surface area contributed by atoms with E-state index >= 15 is 0 Å². The zero-order valence-corrected chi connectivity index (χ0v) is 14.3. The molecule has 0 saturated carbocycles. The number of anilines is 1. The first-order valence-corrected chi connectivity index (χ1v) is 8.14. The van der Waals surface area contributed by atoms with Crippen LogP contribution in [0.25, 0.3) is 10.9 Å². The Morgan fingerprint density at radius 3 is 2.54 bits per heavy atom. The highest BCUT2D eigenvalue weighted by Crippen LogP contribution is 2.31. The first-order chi connectivity index (χ1) is 11.7. The molecule has 24 heavy (non-hydrogen) atoms. The number of aromatic nitrogens is 1. The van der Waals surface area contributed by atoms with E-state index in [0.29, 0.717) is 0 Å². The number of pyridine rings is 1. The monoisotopic (exact) mass is 321 g/mol. The molecule has 0 amide bonds. The SMILES string of the molecule is CN[C@@H](C)[C@@H](Nc1cc(OC)cc2cccnc12)c1ccccc1. The number of hydrogen-bond donors (Lipinski definition) is 2. The molecule has 0 fully saturated rings. The second-order valence-corrected chi connectivity index (χ2v) is 5.86. The molecule has 4 nitrogen and oxygen atoms in total. The molecule has 2 N–H and O–H groups in total. The van der Waals surface area contributed by atoms with Gasteiger partial charge in [0.05, 0.1) is 24.4 Å². The first-order valence-electron chi connectivity index (χ1n) is 8.14. The van der Waals surface area contributed by atoms with Gasteiger partial charge in [-0.25, -0.2) is 0 Å². The van der Waals surface area contributed by atoms with Crippen molar-refractivity contribution in [2.24, 2.45) is 0 Å². The number of likely N-dealkylation sites (N-methyl/N-ethyl adjacent to an activating group) is 1. The van der Waals surface area contributed by atoms with Crippen LogP contribution in [-0.4, -0.2) is 25.2 Å². The van der Waals surface area contributed by atoms with Gasteiger partial charge in [0.2, 0.25) is 0 Å². The zero-order valence-electron chi connectivity index (χ0n) is 14.3. The van der Waals surface area contributed by atoms with Crippen molar-refractivity contribution in [3.63, 3.8) is 0 Å². The van der Waals surface area contributed by atoms with Gasteiger partial charge < -0.3 is 15.4 Å². The van der Waals surface area contributed by atoms with Crippen molar-refractivity contribution in [2.75, 3.05) is 19.5 Å². The summed E-state index contributed by atoms with van der Waals surface area (Å²) in [7, 11) is 3.66. The first kappa shape index (κ1) is 16.3. The quantitative estimate of drug-likeness (QED) is 0.720. The predicted octanol–water partition coefficient (Wildman–Crippen LogP) is 4.00. The molecule has 2 atom stereocenters. The fraction of sp³-hybridized carbons (Fsp3) is 0.250. The lowest BCUT2D eigenvalue weighted by molar-refractivity contribution is 0.415. The van der Waals surface area contributed by atoms with Crippen LogP contribution >= 0.6 is 0 Å². The Bertz CT molecular complexity index is 804. The fourth-order valence-corrected chi connectivity index (χ4v) is 2.88. The third-order valence-electron chi connectivity index (χ3n) is 4.34. The third kappa shape index (κ3) is 3.34. The summed E-state index contributed by atoms with van der Waals surface area (Å²) in [5.41, 5.74) is 3.15. The van der Waals surface area contributed by atoms with E-state index in [4.69, 9.17) is 4.74 Å². The van der Waals surface area contributed by atoms with Crippen LogP contribution < -0.4 is 15.4 Å². The summed E-state index contributed by atoms with van der Waals surface area (Å²) < 4.78 is 5.45. The maximum atomic E-state index is 5.45. The molecule has 0 unspecified atom stereocenters. The minimum absolute atomic E-state index is 0.119. The molecule has 0 aliphatic rings. The maximum Gasteiger partial charge on any atom is 0.121 e. The van der Waals surface area contributed by atoms with Crippen LogP contribution in [0.4, 0.5) is 5.69 Å². The molecule has 1 heterocycles. The summed E-state index contributed by atoms with van der Waals surface area (Å²) in [6.45, 7) is 2.17. The van der Waals surface area contributed by atoms with Crippen LogP contribution in [0.5, 0.6) is 5.75 Å². The molecule has 124 valence electrons. The summed E-state index contributed by atoms with van der Waals surface area (Å²) in [4.78, 5) is 4.55. The van der Waals surface area contributed by atoms with E-state index in [2.05, 4.69) is 52.9 Å². The summed E-state index contributed by atoms with van der Waals surface area (Å²) in [5.74, 6) is 0.821. The molecule has 2 aromatic carbocycles. The molecule has 0 saturated heterocycles. The summed E-state index contributed by atoms with van der Waals surface area (Å²) in [5, 5.41) is 8.06. The van der Waals surface area contributed by atoms with Crippen LogP contribution in [-0.2, 0) is 0 Å². The lowest BCUT2D eigenvalue weighted by Gasteiger charge is -2.27. The summed E-state index contributed by atoms with van der Waals surface area (Å²) in [6.07, 6.45) is 1.82. The second kappa shape index (κ2) is 7.32. The molecule has 3 rings (SSSR count). The predicted molar refractivity (Wildman–Crippen MR) is 99.6 cm³/mol. The molecule has 0 bridgehead atoms. The molecule has 0 aliphatic heterocycles. The van der Waals surface area contributed by atoms with E-state index in [1.165, 1.54) is 5.56 Å². The lowest BCUT2D eigenvalue weighted by Crippen LogP contribution is -2.33. The minimum atomic E-state index is 0.119. The van der Waals surface area contributed by atoms with Crippen molar-refractivity contribution in [3.05, 3.63) is 66.4 Å². The molecule has 0 aliphatic carbocycles. The number of hydrogen-bond acceptors (Lipinski definition) is 4. The van der Waals surface area contributed by atoms with Gasteiger partial charge in [-0.1, -0.05) is 36.4 Å². The number of methoxy groups -OCH3 is 1. The van der Waals surface area contributed by atoms with E-state index in [-0.39, 0.29) is 12.1 Å². The Labute approximate surface area is 142 Å². The van der Waals surface area contributed by atoms with E-state index < -0.39 is 0 Å². The maximum absolute atomic E-state index is 5.45. The van der Waals surface area contributed by atoms with Gasteiger partial charge in [0.1, 0.15) is 5.75 Å². The fourth-order valence-electron chi connectivity index (χ4n) is 2.88. The van der Waals surface area contributed by atoms with Gasteiger partial charge in [0, 0.05) is 23.7 Å². The standard InChI is InChI=1S/C20H23N3O/c1-14(21-2)19(15-8-5-4-6-9-15)23-18-13-17(24-3)12-16-10-7-11-22-20(16)18/h4-14,19,21,23H,1-3H3/t14-,19+/m0/s1. The average molecular weight is 321 g/mol. The van der Waals surface area contributed by atoms with Crippen LogP contribution in [0.1, 0.15) is 18.5 Å². The van der Waals surface area contributed by atoms with Gasteiger partial charge in [-0.3, -0.25) is 4.98 Å². The lowest BCUT2D eigenvalue weighted by atomic mass is 9.99. The van der Waals surface area contributed by atoms with Gasteiger partial charge in [0.15, 0.2) is 0 Å². The van der Waals surface area contributed by atoms with Crippen molar-refractivity contribution in [1.82, 2.24) is 10.3 Å². The van der Waals surface area contributed by atoms with Crippen LogP contribution in [0.3, 0.4) is 0 Å². The number of ether oxygens (including phenoxy) is 1. The smallest absolute Gasteiger partial charge is 0.121 e. The molecule has 3 aromatic rings. The minimum Gasteiger partial charge on any atom is -0.497 e. The topological polar surface area (TPSA) is 46.2 Å². The number of benzene rings is 2. The van der Waals surface area contributed by atoms with Gasteiger partial charge >= 0.3 is 0 Å². The van der Waals surface area contributed by atoms with Crippen LogP contribution in [0.15, 0.2) is 60.8 Å². The van der Waals surface area contributed by atoms with E-state index in [1.807, 2.05) is 37.5 Å². The number of nitrogens with one attached hydrogen (secondary N) is 2. The van der Waals surface area contributed by atoms with Crippen molar-refractivity contribution < 1.29 is 4.74 Å². The highest BCUT2D eigenvalue weighted by atomic mass is 16.5. The highest BCUT2D eigenvalue weighted by molar-refractivity contribution is 5.92. The van der Waals surface area contributed by atoms with E-state index in [9.17, 15) is 0 Å². The Balaban J connectivity index is 2.05. The highest BCUT2D eigenvalue weighted by Gasteiger charge is 2.19. The van der Waals surface area contributed by atoms with Gasteiger partial charge in [-0.2, -0.15) is 0 Å². The Morgan fingerprint density at radius 1 is 1.04 bits per heavy atom. The summed E-state index contributed by atoms with van der Waals surface area (Å²) in [6, 6.07) is 18.8. The van der Waals surface area contributed by atoms with Crippen molar-refractivity contribution >= 4 is 16.6 Å². The Morgan fingerprint density at radius 2 is 1.83 bits per heavy atom. The third-order valence-corrected chi connectivity index (χ3v) is 4.34. The number of nitrogens with zero attached hydrogens (tertiary/aromatic N) is 1. The van der Waals surface area contributed by atoms with Gasteiger partial charge in [-0.15, -0.1) is 0 Å². The van der Waals surface area contributed by atoms with Gasteiger partial charge in [-0.05, 0) is 31.7 Å². The number of rotatable bonds is 6. The molecule has 4 heteroatoms. The Hall–Kier alpha value is -2.59. The van der Waals surface area contributed by atoms with Crippen LogP contribution in [0.2, 0.25) is 0 Å². The van der Waals surface area contributed by atoms with E-state index in [0.717, 1.165) is 22.3 Å². The number of fused-ring (bicyclic) bond motifs is 1. The van der Waals surface area contributed by atoms with Crippen LogP contribution in [0, 0.1) is 0 Å². The zero-order chi connectivity index (χ0) is 16.9. The largest absolute Gasteiger partial charge is 0.497 e.